The Balaban J connectivity index is 1.69. The molecule has 1 aromatic carbocycles. The number of rotatable bonds is 6. The van der Waals surface area contributed by atoms with Crippen LogP contribution in [0, 0.1) is 0 Å². The zero-order valence-corrected chi connectivity index (χ0v) is 12.7. The van der Waals surface area contributed by atoms with Crippen LogP contribution in [0.2, 0.25) is 0 Å². The summed E-state index contributed by atoms with van der Waals surface area (Å²) in [6.07, 6.45) is 5.79. The number of hydrogen-bond acceptors (Lipinski definition) is 2. The van der Waals surface area contributed by atoms with E-state index < -0.39 is 0 Å². The molecule has 2 rings (SSSR count). The maximum atomic E-state index is 4.22. The van der Waals surface area contributed by atoms with E-state index in [2.05, 4.69) is 60.3 Å². The van der Waals surface area contributed by atoms with Gasteiger partial charge in [0.25, 0.3) is 0 Å². The van der Waals surface area contributed by atoms with E-state index in [1.165, 1.54) is 11.1 Å². The summed E-state index contributed by atoms with van der Waals surface area (Å²) in [5.41, 5.74) is 2.96. The molecule has 0 amide bonds. The van der Waals surface area contributed by atoms with Crippen LogP contribution in [0.5, 0.6) is 0 Å². The molecular weight excluding hydrogens is 246 g/mol. The molecule has 1 heterocycles. The fraction of sp³-hybridized carbons (Fsp3) is 0.471. The maximum absolute atomic E-state index is 4.22. The minimum Gasteiger partial charge on any atom is -0.349 e. The summed E-state index contributed by atoms with van der Waals surface area (Å²) in [5.74, 6) is 1.07. The molecule has 0 atom stereocenters. The largest absolute Gasteiger partial charge is 0.349 e. The van der Waals surface area contributed by atoms with Crippen molar-refractivity contribution in [2.45, 2.75) is 45.6 Å². The third-order valence-electron chi connectivity index (χ3n) is 3.47. The van der Waals surface area contributed by atoms with Gasteiger partial charge < -0.3 is 10.3 Å². The lowest BCUT2D eigenvalue weighted by Crippen LogP contribution is -2.16. The first-order valence-electron chi connectivity index (χ1n) is 7.34. The molecule has 3 heteroatoms. The van der Waals surface area contributed by atoms with Crippen LogP contribution < -0.4 is 5.32 Å². The molecule has 0 unspecified atom stereocenters. The van der Waals surface area contributed by atoms with E-state index in [1.54, 1.807) is 6.20 Å². The van der Waals surface area contributed by atoms with Crippen molar-refractivity contribution in [3.05, 3.63) is 53.6 Å². The van der Waals surface area contributed by atoms with Crippen molar-refractivity contribution >= 4 is 0 Å². The van der Waals surface area contributed by atoms with Gasteiger partial charge in [-0.3, -0.25) is 0 Å². The first-order valence-corrected chi connectivity index (χ1v) is 7.34. The minimum atomic E-state index is 0.231. The Kier molecular flexibility index (Phi) is 4.96. The van der Waals surface area contributed by atoms with E-state index in [4.69, 9.17) is 0 Å². The highest BCUT2D eigenvalue weighted by Crippen LogP contribution is 2.22. The first-order chi connectivity index (χ1) is 9.55. The van der Waals surface area contributed by atoms with Gasteiger partial charge in [-0.25, -0.2) is 4.98 Å². The highest BCUT2D eigenvalue weighted by atomic mass is 14.9. The monoisotopic (exact) mass is 271 g/mol. The van der Waals surface area contributed by atoms with E-state index >= 15 is 0 Å². The van der Waals surface area contributed by atoms with Crippen LogP contribution in [0.3, 0.4) is 0 Å². The number of aryl methyl sites for hydroxylation is 1. The van der Waals surface area contributed by atoms with Gasteiger partial charge in [-0.2, -0.15) is 0 Å². The van der Waals surface area contributed by atoms with Gasteiger partial charge in [-0.05, 0) is 29.5 Å². The summed E-state index contributed by atoms with van der Waals surface area (Å²) in [5, 5.41) is 3.48. The number of nitrogens with zero attached hydrogens (tertiary/aromatic N) is 1. The Hall–Kier alpha value is -1.61. The van der Waals surface area contributed by atoms with Crippen LogP contribution >= 0.6 is 0 Å². The lowest BCUT2D eigenvalue weighted by molar-refractivity contribution is 0.589. The molecule has 0 radical (unpaired) electrons. The highest BCUT2D eigenvalue weighted by Gasteiger charge is 2.12. The van der Waals surface area contributed by atoms with Crippen molar-refractivity contribution in [1.29, 1.82) is 0 Å². The molecule has 108 valence electrons. The standard InChI is InChI=1S/C17H25N3/c1-17(2,3)15-8-6-14(7-9-15)13-18-10-4-5-16-19-11-12-20-16/h6-9,11-12,18H,4-5,10,13H2,1-3H3,(H,19,20). The topological polar surface area (TPSA) is 40.7 Å². The average molecular weight is 271 g/mol. The number of nitrogens with one attached hydrogen (secondary N) is 2. The Labute approximate surface area is 121 Å². The predicted molar refractivity (Wildman–Crippen MR) is 83.8 cm³/mol. The SMILES string of the molecule is CC(C)(C)c1ccc(CNCCCc2ncc[nH]2)cc1. The smallest absolute Gasteiger partial charge is 0.106 e. The molecule has 0 spiro atoms. The van der Waals surface area contributed by atoms with Gasteiger partial charge in [0.15, 0.2) is 0 Å². The maximum Gasteiger partial charge on any atom is 0.106 e. The summed E-state index contributed by atoms with van der Waals surface area (Å²) in [4.78, 5) is 7.35. The van der Waals surface area contributed by atoms with Crippen LogP contribution in [0.25, 0.3) is 0 Å². The zero-order chi connectivity index (χ0) is 14.4. The van der Waals surface area contributed by atoms with E-state index in [0.717, 1.165) is 31.8 Å². The van der Waals surface area contributed by atoms with E-state index in [1.807, 2.05) is 6.20 Å². The summed E-state index contributed by atoms with van der Waals surface area (Å²) in [7, 11) is 0. The molecule has 0 aliphatic rings. The molecule has 1 aromatic heterocycles. The molecule has 3 nitrogen and oxygen atoms in total. The fourth-order valence-electron chi connectivity index (χ4n) is 2.17. The molecule has 2 aromatic rings. The van der Waals surface area contributed by atoms with Crippen molar-refractivity contribution < 1.29 is 0 Å². The number of imidazole rings is 1. The van der Waals surface area contributed by atoms with E-state index in [-0.39, 0.29) is 5.41 Å². The second kappa shape index (κ2) is 6.71. The molecule has 0 fully saturated rings. The molecule has 0 saturated carbocycles. The summed E-state index contributed by atoms with van der Waals surface area (Å²) in [6, 6.07) is 8.92. The predicted octanol–water partition coefficient (Wildman–Crippen LogP) is 3.43. The second-order valence-corrected chi connectivity index (χ2v) is 6.26. The molecule has 0 saturated heterocycles. The number of aromatic amines is 1. The number of benzene rings is 1. The zero-order valence-electron chi connectivity index (χ0n) is 12.7. The van der Waals surface area contributed by atoms with Crippen molar-refractivity contribution in [2.24, 2.45) is 0 Å². The average Bonchev–Trinajstić information content (AvgIpc) is 2.91. The Morgan fingerprint density at radius 3 is 2.50 bits per heavy atom. The number of aromatic nitrogens is 2. The van der Waals surface area contributed by atoms with Gasteiger partial charge >= 0.3 is 0 Å². The first kappa shape index (κ1) is 14.8. The Morgan fingerprint density at radius 2 is 1.90 bits per heavy atom. The van der Waals surface area contributed by atoms with Crippen LogP contribution in [0.1, 0.15) is 44.1 Å². The third kappa shape index (κ3) is 4.49. The van der Waals surface area contributed by atoms with Crippen LogP contribution in [-0.2, 0) is 18.4 Å². The number of H-pyrrole nitrogens is 1. The van der Waals surface area contributed by atoms with Crippen LogP contribution in [0.15, 0.2) is 36.7 Å². The number of hydrogen-bond donors (Lipinski definition) is 2. The third-order valence-corrected chi connectivity index (χ3v) is 3.47. The van der Waals surface area contributed by atoms with E-state index in [9.17, 15) is 0 Å². The Bertz CT molecular complexity index is 492. The highest BCUT2D eigenvalue weighted by molar-refractivity contribution is 5.27. The van der Waals surface area contributed by atoms with Gasteiger partial charge in [0.2, 0.25) is 0 Å². The minimum absolute atomic E-state index is 0.231. The molecule has 20 heavy (non-hydrogen) atoms. The van der Waals surface area contributed by atoms with Crippen LogP contribution in [-0.4, -0.2) is 16.5 Å². The summed E-state index contributed by atoms with van der Waals surface area (Å²) < 4.78 is 0. The molecule has 0 bridgehead atoms. The summed E-state index contributed by atoms with van der Waals surface area (Å²) in [6.45, 7) is 8.68. The normalized spacial score (nSPS) is 11.8. The fourth-order valence-corrected chi connectivity index (χ4v) is 2.17. The second-order valence-electron chi connectivity index (χ2n) is 6.26. The lowest BCUT2D eigenvalue weighted by Gasteiger charge is -2.19. The molecule has 2 N–H and O–H groups in total. The lowest BCUT2D eigenvalue weighted by atomic mass is 9.87. The van der Waals surface area contributed by atoms with Crippen molar-refractivity contribution in [3.63, 3.8) is 0 Å². The van der Waals surface area contributed by atoms with Crippen LogP contribution in [0.4, 0.5) is 0 Å². The Morgan fingerprint density at radius 1 is 1.15 bits per heavy atom. The van der Waals surface area contributed by atoms with Gasteiger partial charge in [-0.15, -0.1) is 0 Å². The molecule has 0 aliphatic heterocycles. The van der Waals surface area contributed by atoms with Gasteiger partial charge in [0, 0.05) is 25.4 Å². The van der Waals surface area contributed by atoms with Crippen molar-refractivity contribution in [1.82, 2.24) is 15.3 Å². The quantitative estimate of drug-likeness (QED) is 0.790. The molecular formula is C17H25N3. The summed E-state index contributed by atoms with van der Waals surface area (Å²) >= 11 is 0. The van der Waals surface area contributed by atoms with Crippen molar-refractivity contribution in [3.8, 4) is 0 Å². The van der Waals surface area contributed by atoms with Gasteiger partial charge in [0.05, 0.1) is 0 Å². The molecule has 0 aliphatic carbocycles. The van der Waals surface area contributed by atoms with Gasteiger partial charge in [-0.1, -0.05) is 45.0 Å². The van der Waals surface area contributed by atoms with E-state index in [0.29, 0.717) is 0 Å². The van der Waals surface area contributed by atoms with Gasteiger partial charge in [0.1, 0.15) is 5.82 Å². The van der Waals surface area contributed by atoms with Crippen molar-refractivity contribution in [2.75, 3.05) is 6.54 Å².